The van der Waals surface area contributed by atoms with Crippen molar-refractivity contribution in [1.82, 2.24) is 10.3 Å². The summed E-state index contributed by atoms with van der Waals surface area (Å²) in [6, 6.07) is 3.89. The van der Waals surface area contributed by atoms with Crippen LogP contribution in [0.15, 0.2) is 23.3 Å². The summed E-state index contributed by atoms with van der Waals surface area (Å²) in [6.07, 6.45) is 6.94. The zero-order valence-electron chi connectivity index (χ0n) is 25.9. The van der Waals surface area contributed by atoms with E-state index in [1.54, 1.807) is 27.5 Å². The second-order valence-corrected chi connectivity index (χ2v) is 10.1. The molecule has 0 unspecified atom stereocenters. The van der Waals surface area contributed by atoms with E-state index in [0.717, 1.165) is 44.5 Å². The molecule has 1 saturated heterocycles. The van der Waals surface area contributed by atoms with Crippen molar-refractivity contribution in [1.29, 1.82) is 0 Å². The first kappa shape index (κ1) is 39.1. The molecule has 215 valence electrons. The Hall–Kier alpha value is -1.04. The molecule has 0 aromatic carbocycles. The van der Waals surface area contributed by atoms with Crippen molar-refractivity contribution in [2.45, 2.75) is 93.0 Å². The van der Waals surface area contributed by atoms with E-state index in [4.69, 9.17) is 14.2 Å². The van der Waals surface area contributed by atoms with Crippen LogP contribution in [-0.2, 0) is 46.9 Å². The van der Waals surface area contributed by atoms with E-state index in [1.807, 2.05) is 39.8 Å². The van der Waals surface area contributed by atoms with Crippen LogP contribution in [0, 0.1) is 22.7 Å². The van der Waals surface area contributed by atoms with Gasteiger partial charge in [0.05, 0.1) is 25.9 Å². The number of methoxy groups -OCH3 is 2. The minimum Gasteiger partial charge on any atom is -0.487 e. The molecule has 0 atom stereocenters. The molecule has 3 rings (SSSR count). The Bertz CT molecular complexity index is 794. The molecule has 1 aliphatic carbocycles. The molecule has 7 nitrogen and oxygen atoms in total. The Kier molecular flexibility index (Phi) is 22.4. The molecule has 0 spiro atoms. The summed E-state index contributed by atoms with van der Waals surface area (Å²) >= 11 is 0. The van der Waals surface area contributed by atoms with E-state index in [9.17, 15) is 0 Å². The van der Waals surface area contributed by atoms with Crippen LogP contribution in [0.4, 0.5) is 0 Å². The van der Waals surface area contributed by atoms with Gasteiger partial charge in [-0.15, -0.1) is 0 Å². The molecule has 2 heterocycles. The van der Waals surface area contributed by atoms with Crippen molar-refractivity contribution < 1.29 is 51.7 Å². The number of nitrogens with zero attached hydrogens (tertiary/aromatic N) is 2. The Labute approximate surface area is 258 Å². The Morgan fingerprint density at radius 1 is 1.03 bits per heavy atom. The SMILES string of the molecule is CC.CC.CN=COC.COC1CC(Oc2ccc(C#CC(C)(C)CC(C)(C)COC3CNC3)cn2)C1.[Y]. The molecule has 1 N–H and O–H groups in total. The van der Waals surface area contributed by atoms with Gasteiger partial charge in [-0.25, -0.2) is 4.98 Å². The molecule has 1 aromatic heterocycles. The number of nitrogens with one attached hydrogen (secondary N) is 1. The van der Waals surface area contributed by atoms with E-state index in [-0.39, 0.29) is 49.6 Å². The Morgan fingerprint density at radius 3 is 2.08 bits per heavy atom. The summed E-state index contributed by atoms with van der Waals surface area (Å²) in [7, 11) is 4.96. The smallest absolute Gasteiger partial charge is 0.213 e. The summed E-state index contributed by atoms with van der Waals surface area (Å²) in [4.78, 5) is 7.91. The van der Waals surface area contributed by atoms with Gasteiger partial charge in [0.15, 0.2) is 6.40 Å². The number of aromatic nitrogens is 1. The molecule has 2 fully saturated rings. The van der Waals surface area contributed by atoms with Crippen LogP contribution >= 0.6 is 0 Å². The number of pyridine rings is 1. The summed E-state index contributed by atoms with van der Waals surface area (Å²) in [6.45, 7) is 19.6. The van der Waals surface area contributed by atoms with Crippen molar-refractivity contribution in [3.8, 4) is 17.7 Å². The molecule has 1 saturated carbocycles. The van der Waals surface area contributed by atoms with Crippen LogP contribution < -0.4 is 10.1 Å². The predicted molar refractivity (Wildman–Crippen MR) is 154 cm³/mol. The van der Waals surface area contributed by atoms with Crippen LogP contribution in [0.2, 0.25) is 0 Å². The van der Waals surface area contributed by atoms with Gasteiger partial charge >= 0.3 is 0 Å². The average molecular weight is 609 g/mol. The maximum atomic E-state index is 5.98. The minimum atomic E-state index is -0.0962. The van der Waals surface area contributed by atoms with Crippen molar-refractivity contribution in [3.63, 3.8) is 0 Å². The second kappa shape index (κ2) is 21.7. The fourth-order valence-electron chi connectivity index (χ4n) is 3.86. The summed E-state index contributed by atoms with van der Waals surface area (Å²) in [5.41, 5.74) is 0.909. The standard InChI is InChI=1S/C23H34N2O3.C3H7NO.2C2H6.Y/c1-22(2,15-23(3,4)16-27-20-13-24-14-20)9-8-17-6-7-21(25-12-17)28-19-10-18(11-19)26-5;1-4-3-5-2;2*1-2;/h6-7,12,18-20,24H,10-11,13-16H2,1-5H3;3H,1-2H3;2*1-2H3;. The van der Waals surface area contributed by atoms with E-state index in [2.05, 4.69) is 59.6 Å². The van der Waals surface area contributed by atoms with Gasteiger partial charge < -0.3 is 24.3 Å². The molecular weight excluding hydrogens is 555 g/mol. The molecule has 8 heteroatoms. The van der Waals surface area contributed by atoms with E-state index >= 15 is 0 Å². The Morgan fingerprint density at radius 2 is 1.66 bits per heavy atom. The zero-order chi connectivity index (χ0) is 28.3. The van der Waals surface area contributed by atoms with E-state index in [1.165, 1.54) is 6.40 Å². The molecule has 0 bridgehead atoms. The number of aliphatic imine (C=N–C) groups is 1. The summed E-state index contributed by atoms with van der Waals surface area (Å²) in [5, 5.41) is 3.24. The fourth-order valence-corrected chi connectivity index (χ4v) is 3.86. The number of hydrogen-bond donors (Lipinski definition) is 1. The number of hydrogen-bond acceptors (Lipinski definition) is 7. The number of rotatable bonds is 9. The third-order valence-corrected chi connectivity index (χ3v) is 5.54. The first-order chi connectivity index (χ1) is 17.7. The largest absolute Gasteiger partial charge is 0.487 e. The van der Waals surface area contributed by atoms with Crippen molar-refractivity contribution in [2.24, 2.45) is 15.8 Å². The first-order valence-corrected chi connectivity index (χ1v) is 13.6. The van der Waals surface area contributed by atoms with Gasteiger partial charge in [-0.2, -0.15) is 0 Å². The maximum Gasteiger partial charge on any atom is 0.213 e. The van der Waals surface area contributed by atoms with Crippen molar-refractivity contribution >= 4 is 6.40 Å². The van der Waals surface area contributed by atoms with Gasteiger partial charge in [-0.3, -0.25) is 4.99 Å². The molecule has 38 heavy (non-hydrogen) atoms. The molecular formula is C30H53N3O4Y. The third kappa shape index (κ3) is 16.8. The minimum absolute atomic E-state index is 0. The normalized spacial score (nSPS) is 18.2. The van der Waals surface area contributed by atoms with Crippen LogP contribution in [0.3, 0.4) is 0 Å². The zero-order valence-corrected chi connectivity index (χ0v) is 28.7. The third-order valence-electron chi connectivity index (χ3n) is 5.54. The molecule has 1 aliphatic heterocycles. The molecule has 0 amide bonds. The van der Waals surface area contributed by atoms with Crippen LogP contribution in [-0.4, -0.2) is 70.7 Å². The van der Waals surface area contributed by atoms with Gasteiger partial charge in [-0.1, -0.05) is 53.4 Å². The van der Waals surface area contributed by atoms with E-state index < -0.39 is 0 Å². The van der Waals surface area contributed by atoms with E-state index in [0.29, 0.717) is 18.1 Å². The van der Waals surface area contributed by atoms with Crippen molar-refractivity contribution in [3.05, 3.63) is 23.9 Å². The average Bonchev–Trinajstić information content (AvgIpc) is 2.82. The van der Waals surface area contributed by atoms with Crippen molar-refractivity contribution in [2.75, 3.05) is 41.0 Å². The first-order valence-electron chi connectivity index (χ1n) is 13.6. The number of ether oxygens (including phenoxy) is 4. The summed E-state index contributed by atoms with van der Waals surface area (Å²) < 4.78 is 21.5. The van der Waals surface area contributed by atoms with Crippen LogP contribution in [0.5, 0.6) is 5.88 Å². The van der Waals surface area contributed by atoms with Gasteiger partial charge in [-0.05, 0) is 31.7 Å². The summed E-state index contributed by atoms with van der Waals surface area (Å²) in [5.74, 6) is 7.37. The predicted octanol–water partition coefficient (Wildman–Crippen LogP) is 5.76. The maximum absolute atomic E-state index is 5.98. The van der Waals surface area contributed by atoms with Crippen LogP contribution in [0.1, 0.15) is 80.2 Å². The molecule has 1 radical (unpaired) electrons. The molecule has 1 aromatic rings. The monoisotopic (exact) mass is 608 g/mol. The van der Waals surface area contributed by atoms with Crippen LogP contribution in [0.25, 0.3) is 0 Å². The van der Waals surface area contributed by atoms with Gasteiger partial charge in [0.25, 0.3) is 0 Å². The van der Waals surface area contributed by atoms with Gasteiger partial charge in [0.1, 0.15) is 6.10 Å². The topological polar surface area (TPSA) is 74.2 Å². The quantitative estimate of drug-likeness (QED) is 0.218. The van der Waals surface area contributed by atoms with Gasteiger partial charge in [0, 0.05) is 96.0 Å². The molecule has 2 aliphatic rings. The second-order valence-electron chi connectivity index (χ2n) is 10.1. The fraction of sp³-hybridized carbons (Fsp3) is 0.733. The van der Waals surface area contributed by atoms with Gasteiger partial charge in [0.2, 0.25) is 5.88 Å². The Balaban J connectivity index is 0.